The highest BCUT2D eigenvalue weighted by molar-refractivity contribution is 5.88. The lowest BCUT2D eigenvalue weighted by atomic mass is 10.1. The van der Waals surface area contributed by atoms with Gasteiger partial charge in [-0.2, -0.15) is 0 Å². The van der Waals surface area contributed by atoms with Gasteiger partial charge in [-0.15, -0.1) is 5.06 Å². The van der Waals surface area contributed by atoms with Crippen molar-refractivity contribution in [3.8, 4) is 0 Å². The van der Waals surface area contributed by atoms with Gasteiger partial charge >= 0.3 is 11.9 Å². The lowest BCUT2D eigenvalue weighted by Crippen LogP contribution is -2.45. The fourth-order valence-electron chi connectivity index (χ4n) is 1.70. The molecular weight excluding hydrogens is 264 g/mol. The summed E-state index contributed by atoms with van der Waals surface area (Å²) in [6.07, 6.45) is 2.07. The minimum atomic E-state index is -1.29. The summed E-state index contributed by atoms with van der Waals surface area (Å²) in [7, 11) is 0. The first-order chi connectivity index (χ1) is 9.54. The van der Waals surface area contributed by atoms with Crippen LogP contribution in [-0.2, 0) is 16.1 Å². The highest BCUT2D eigenvalue weighted by Gasteiger charge is 2.28. The van der Waals surface area contributed by atoms with Crippen molar-refractivity contribution in [2.75, 3.05) is 13.2 Å². The molecule has 1 heterocycles. The number of nitrogens with zero attached hydrogens (tertiary/aromatic N) is 2. The molecule has 0 amide bonds. The molecule has 20 heavy (non-hydrogen) atoms. The molecule has 1 rings (SSSR count). The number of likely N-dealkylation sites (N-methyl/N-ethyl adjacent to an activating group) is 1. The minimum Gasteiger partial charge on any atom is -0.480 e. The Balaban J connectivity index is 2.89. The van der Waals surface area contributed by atoms with Crippen LogP contribution in [0.25, 0.3) is 0 Å². The summed E-state index contributed by atoms with van der Waals surface area (Å²) in [5.41, 5.74) is 0.861. The van der Waals surface area contributed by atoms with Crippen molar-refractivity contribution in [2.24, 2.45) is 0 Å². The summed E-state index contributed by atoms with van der Waals surface area (Å²) >= 11 is 0. The third kappa shape index (κ3) is 3.75. The van der Waals surface area contributed by atoms with Crippen molar-refractivity contribution in [3.05, 3.63) is 29.6 Å². The van der Waals surface area contributed by atoms with E-state index in [4.69, 9.17) is 15.1 Å². The van der Waals surface area contributed by atoms with Gasteiger partial charge in [0.15, 0.2) is 11.7 Å². The number of carboxylic acid groups (broad SMARTS) is 1. The monoisotopic (exact) mass is 282 g/mol. The van der Waals surface area contributed by atoms with Gasteiger partial charge < -0.3 is 15.1 Å². The van der Waals surface area contributed by atoms with Crippen LogP contribution < -0.4 is 0 Å². The quantitative estimate of drug-likeness (QED) is 0.702. The number of hydrogen-bond acceptors (Lipinski definition) is 6. The van der Waals surface area contributed by atoms with Crippen LogP contribution in [0.2, 0.25) is 0 Å². The highest BCUT2D eigenvalue weighted by Crippen LogP contribution is 2.10. The van der Waals surface area contributed by atoms with Gasteiger partial charge in [-0.3, -0.25) is 4.79 Å². The van der Waals surface area contributed by atoms with Crippen LogP contribution in [0.5, 0.6) is 0 Å². The van der Waals surface area contributed by atoms with Gasteiger partial charge in [0.05, 0.1) is 6.61 Å². The van der Waals surface area contributed by atoms with Gasteiger partial charge in [-0.25, -0.2) is 9.78 Å². The normalized spacial score (nSPS) is 12.2. The van der Waals surface area contributed by atoms with E-state index in [0.29, 0.717) is 12.0 Å². The Labute approximate surface area is 116 Å². The van der Waals surface area contributed by atoms with E-state index in [9.17, 15) is 9.59 Å². The van der Waals surface area contributed by atoms with Crippen molar-refractivity contribution in [2.45, 2.75) is 26.3 Å². The molecule has 0 aliphatic heterocycles. The number of carboxylic acids is 1. The predicted octanol–water partition coefficient (Wildman–Crippen LogP) is 0.483. The van der Waals surface area contributed by atoms with E-state index in [-0.39, 0.29) is 12.2 Å². The highest BCUT2D eigenvalue weighted by atomic mass is 16.7. The zero-order valence-electron chi connectivity index (χ0n) is 11.4. The third-order valence-electron chi connectivity index (χ3n) is 2.78. The summed E-state index contributed by atoms with van der Waals surface area (Å²) in [6.45, 7) is 2.98. The Bertz CT molecular complexity index is 478. The van der Waals surface area contributed by atoms with Gasteiger partial charge in [-0.05, 0) is 25.0 Å². The molecule has 0 aliphatic carbocycles. The summed E-state index contributed by atoms with van der Waals surface area (Å²) < 4.78 is 0. The maximum atomic E-state index is 12.0. The van der Waals surface area contributed by atoms with E-state index in [1.807, 2.05) is 6.92 Å². The van der Waals surface area contributed by atoms with E-state index in [0.717, 1.165) is 5.06 Å². The Morgan fingerprint density at radius 3 is 2.65 bits per heavy atom. The first-order valence-corrected chi connectivity index (χ1v) is 6.31. The van der Waals surface area contributed by atoms with Crippen LogP contribution in [0.4, 0.5) is 0 Å². The number of aliphatic hydroxyl groups excluding tert-OH is 1. The van der Waals surface area contributed by atoms with E-state index >= 15 is 0 Å². The predicted molar refractivity (Wildman–Crippen MR) is 69.9 cm³/mol. The summed E-state index contributed by atoms with van der Waals surface area (Å²) in [5.74, 6) is -2.00. The van der Waals surface area contributed by atoms with E-state index in [2.05, 4.69) is 4.98 Å². The van der Waals surface area contributed by atoms with Gasteiger partial charge in [-0.1, -0.05) is 13.0 Å². The maximum Gasteiger partial charge on any atom is 0.376 e. The van der Waals surface area contributed by atoms with Crippen molar-refractivity contribution in [3.63, 3.8) is 0 Å². The molecule has 0 bridgehead atoms. The molecule has 7 nitrogen and oxygen atoms in total. The number of aryl methyl sites for hydroxylation is 1. The van der Waals surface area contributed by atoms with Crippen molar-refractivity contribution < 1.29 is 24.6 Å². The summed E-state index contributed by atoms with van der Waals surface area (Å²) in [4.78, 5) is 32.0. The van der Waals surface area contributed by atoms with Crippen molar-refractivity contribution in [1.29, 1.82) is 0 Å². The number of carbonyl (C=O) groups excluding carboxylic acids is 1. The second-order valence-corrected chi connectivity index (χ2v) is 4.01. The molecule has 0 spiro atoms. The van der Waals surface area contributed by atoms with Crippen LogP contribution in [0.1, 0.15) is 29.9 Å². The molecule has 110 valence electrons. The fraction of sp³-hybridized carbons (Fsp3) is 0.462. The Morgan fingerprint density at radius 2 is 2.15 bits per heavy atom. The van der Waals surface area contributed by atoms with Crippen LogP contribution in [-0.4, -0.2) is 51.4 Å². The molecule has 0 aliphatic rings. The number of aromatic nitrogens is 1. The molecule has 0 fully saturated rings. The maximum absolute atomic E-state index is 12.0. The second kappa shape index (κ2) is 7.56. The van der Waals surface area contributed by atoms with Gasteiger partial charge in [0.2, 0.25) is 0 Å². The average Bonchev–Trinajstić information content (AvgIpc) is 2.46. The topological polar surface area (TPSA) is 100.0 Å². The molecular formula is C13H18N2O5. The molecule has 0 radical (unpaired) electrons. The fourth-order valence-corrected chi connectivity index (χ4v) is 1.70. The van der Waals surface area contributed by atoms with Crippen LogP contribution in [0.15, 0.2) is 18.3 Å². The number of pyridine rings is 1. The van der Waals surface area contributed by atoms with Gasteiger partial charge in [0.1, 0.15) is 0 Å². The van der Waals surface area contributed by atoms with Gasteiger partial charge in [0.25, 0.3) is 0 Å². The third-order valence-corrected chi connectivity index (χ3v) is 2.78. The Kier molecular flexibility index (Phi) is 6.08. The number of aliphatic hydroxyl groups is 1. The van der Waals surface area contributed by atoms with Crippen molar-refractivity contribution >= 4 is 11.9 Å². The van der Waals surface area contributed by atoms with Crippen LogP contribution in [0.3, 0.4) is 0 Å². The van der Waals surface area contributed by atoms with E-state index < -0.39 is 24.6 Å². The number of aliphatic carboxylic acids is 1. The van der Waals surface area contributed by atoms with E-state index in [1.54, 1.807) is 19.1 Å². The minimum absolute atomic E-state index is 0.136. The molecule has 1 aromatic rings. The largest absolute Gasteiger partial charge is 0.480 e. The van der Waals surface area contributed by atoms with Crippen molar-refractivity contribution in [1.82, 2.24) is 10.0 Å². The summed E-state index contributed by atoms with van der Waals surface area (Å²) in [6, 6.07) is 2.17. The molecule has 1 atom stereocenters. The van der Waals surface area contributed by atoms with Crippen LogP contribution >= 0.6 is 0 Å². The Hall–Kier alpha value is -1.99. The SMILES string of the molecule is CCc1cccnc1C(=O)ON(CC)[C@@H](CO)C(=O)O. The molecule has 0 aromatic carbocycles. The smallest absolute Gasteiger partial charge is 0.376 e. The molecule has 0 saturated carbocycles. The first kappa shape index (κ1) is 16.1. The number of hydroxylamine groups is 2. The zero-order valence-corrected chi connectivity index (χ0v) is 11.4. The second-order valence-electron chi connectivity index (χ2n) is 4.01. The number of hydrogen-bond donors (Lipinski definition) is 2. The molecule has 1 aromatic heterocycles. The van der Waals surface area contributed by atoms with E-state index in [1.165, 1.54) is 6.20 Å². The molecule has 0 unspecified atom stereocenters. The standard InChI is InChI=1S/C13H18N2O5/c1-3-9-6-5-7-14-11(9)13(19)20-15(4-2)10(8-16)12(17)18/h5-7,10,16H,3-4,8H2,1-2H3,(H,17,18)/t10-/m0/s1. The lowest BCUT2D eigenvalue weighted by Gasteiger charge is -2.24. The number of carbonyl (C=O) groups is 2. The summed E-state index contributed by atoms with van der Waals surface area (Å²) in [5, 5.41) is 18.9. The Morgan fingerprint density at radius 1 is 1.45 bits per heavy atom. The molecule has 0 saturated heterocycles. The first-order valence-electron chi connectivity index (χ1n) is 6.31. The van der Waals surface area contributed by atoms with Gasteiger partial charge in [0, 0.05) is 12.7 Å². The number of rotatable bonds is 7. The molecule has 7 heteroatoms. The zero-order chi connectivity index (χ0) is 15.1. The lowest BCUT2D eigenvalue weighted by molar-refractivity contribution is -0.175. The van der Waals surface area contributed by atoms with Crippen LogP contribution in [0, 0.1) is 0 Å². The average molecular weight is 282 g/mol. The molecule has 2 N–H and O–H groups in total.